The highest BCUT2D eigenvalue weighted by Crippen LogP contribution is 2.13. The Balaban J connectivity index is 1.90. The molecular weight excluding hydrogens is 416 g/mol. The van der Waals surface area contributed by atoms with Crippen molar-refractivity contribution >= 4 is 29.4 Å². The van der Waals surface area contributed by atoms with Crippen LogP contribution < -0.4 is 16.0 Å². The summed E-state index contributed by atoms with van der Waals surface area (Å²) in [5.41, 5.74) is 0.990. The molecule has 1 saturated heterocycles. The zero-order valence-electron chi connectivity index (χ0n) is 18.8. The number of ether oxygens (including phenoxy) is 2. The first-order valence-electron chi connectivity index (χ1n) is 10.6. The maximum absolute atomic E-state index is 12.5. The molecular formula is C22H32N4O6. The summed E-state index contributed by atoms with van der Waals surface area (Å²) in [6.07, 6.45) is -0.112. The molecule has 0 bridgehead atoms. The average Bonchev–Trinajstić information content (AvgIpc) is 2.75. The lowest BCUT2D eigenvalue weighted by atomic mass is 10.1. The Labute approximate surface area is 188 Å². The predicted octanol–water partition coefficient (Wildman–Crippen LogP) is 0.391. The Hall–Kier alpha value is -2.98. The lowest BCUT2D eigenvalue weighted by Crippen LogP contribution is -2.57. The van der Waals surface area contributed by atoms with Gasteiger partial charge in [-0.2, -0.15) is 0 Å². The third kappa shape index (κ3) is 8.27. The van der Waals surface area contributed by atoms with E-state index in [1.165, 1.54) is 0 Å². The number of amides is 3. The molecule has 1 atom stereocenters. The third-order valence-corrected chi connectivity index (χ3v) is 4.75. The maximum atomic E-state index is 12.5. The molecule has 1 unspecified atom stereocenters. The Morgan fingerprint density at radius 3 is 2.59 bits per heavy atom. The number of esters is 1. The topological polar surface area (TPSA) is 126 Å². The summed E-state index contributed by atoms with van der Waals surface area (Å²) >= 11 is 0. The predicted molar refractivity (Wildman–Crippen MR) is 118 cm³/mol. The molecule has 3 amide bonds. The van der Waals surface area contributed by atoms with Gasteiger partial charge in [0.1, 0.15) is 6.04 Å². The Morgan fingerprint density at radius 1 is 1.22 bits per heavy atom. The van der Waals surface area contributed by atoms with Crippen molar-refractivity contribution in [3.05, 3.63) is 29.8 Å². The van der Waals surface area contributed by atoms with Gasteiger partial charge < -0.3 is 25.4 Å². The monoisotopic (exact) mass is 448 g/mol. The fourth-order valence-corrected chi connectivity index (χ4v) is 3.11. The van der Waals surface area contributed by atoms with Gasteiger partial charge in [0.05, 0.1) is 26.2 Å². The van der Waals surface area contributed by atoms with Gasteiger partial charge in [-0.3, -0.25) is 24.1 Å². The average molecular weight is 449 g/mol. The minimum Gasteiger partial charge on any atom is -0.465 e. The fourth-order valence-electron chi connectivity index (χ4n) is 3.11. The zero-order chi connectivity index (χ0) is 23.5. The summed E-state index contributed by atoms with van der Waals surface area (Å²) < 4.78 is 10.1. The standard InChI is InChI=1S/C22H32N4O6/c1-15(2)14-32-20(28)12-18-22(30)23-8-10-26(18)13-19(27)25-17-6-4-16(5-7-17)21(29)24-9-11-31-3/h4-7,15,18H,8-14H2,1-3H3,(H,23,30)(H,24,29)(H,25,27). The van der Waals surface area contributed by atoms with Crippen LogP contribution in [0.15, 0.2) is 24.3 Å². The zero-order valence-corrected chi connectivity index (χ0v) is 18.8. The smallest absolute Gasteiger partial charge is 0.307 e. The summed E-state index contributed by atoms with van der Waals surface area (Å²) in [6.45, 7) is 5.77. The highest BCUT2D eigenvalue weighted by atomic mass is 16.5. The van der Waals surface area contributed by atoms with Crippen LogP contribution in [0.5, 0.6) is 0 Å². The number of carbonyl (C=O) groups is 4. The van der Waals surface area contributed by atoms with Gasteiger partial charge in [-0.25, -0.2) is 0 Å². The van der Waals surface area contributed by atoms with Gasteiger partial charge in [0.2, 0.25) is 11.8 Å². The normalized spacial score (nSPS) is 16.4. The number of nitrogens with zero attached hydrogens (tertiary/aromatic N) is 1. The first-order valence-corrected chi connectivity index (χ1v) is 10.6. The number of anilines is 1. The molecule has 1 aromatic carbocycles. The van der Waals surface area contributed by atoms with E-state index in [0.29, 0.717) is 37.5 Å². The Bertz CT molecular complexity index is 796. The van der Waals surface area contributed by atoms with Gasteiger partial charge in [0.25, 0.3) is 5.91 Å². The van der Waals surface area contributed by atoms with Crippen molar-refractivity contribution in [2.24, 2.45) is 5.92 Å². The highest BCUT2D eigenvalue weighted by Gasteiger charge is 2.33. The first-order chi connectivity index (χ1) is 15.3. The van der Waals surface area contributed by atoms with E-state index in [4.69, 9.17) is 9.47 Å². The number of methoxy groups -OCH3 is 1. The van der Waals surface area contributed by atoms with Crippen molar-refractivity contribution in [3.8, 4) is 0 Å². The molecule has 1 aliphatic heterocycles. The van der Waals surface area contributed by atoms with E-state index in [0.717, 1.165) is 0 Å². The molecule has 32 heavy (non-hydrogen) atoms. The Morgan fingerprint density at radius 2 is 1.94 bits per heavy atom. The molecule has 1 heterocycles. The van der Waals surface area contributed by atoms with Gasteiger partial charge in [-0.15, -0.1) is 0 Å². The SMILES string of the molecule is COCCNC(=O)c1ccc(NC(=O)CN2CCNC(=O)C2CC(=O)OCC(C)C)cc1. The summed E-state index contributed by atoms with van der Waals surface area (Å²) in [5, 5.41) is 8.20. The van der Waals surface area contributed by atoms with Crippen LogP contribution in [0.3, 0.4) is 0 Å². The van der Waals surface area contributed by atoms with Crippen LogP contribution in [-0.2, 0) is 23.9 Å². The van der Waals surface area contributed by atoms with E-state index < -0.39 is 12.0 Å². The van der Waals surface area contributed by atoms with Crippen molar-refractivity contribution in [3.63, 3.8) is 0 Å². The molecule has 3 N–H and O–H groups in total. The van der Waals surface area contributed by atoms with Gasteiger partial charge in [-0.1, -0.05) is 13.8 Å². The number of carbonyl (C=O) groups excluding carboxylic acids is 4. The van der Waals surface area contributed by atoms with Crippen LogP contribution >= 0.6 is 0 Å². The molecule has 10 heteroatoms. The van der Waals surface area contributed by atoms with Crippen LogP contribution in [0.4, 0.5) is 5.69 Å². The number of piperazine rings is 1. The lowest BCUT2D eigenvalue weighted by molar-refractivity contribution is -0.149. The van der Waals surface area contributed by atoms with Gasteiger partial charge in [-0.05, 0) is 30.2 Å². The van der Waals surface area contributed by atoms with Crippen LogP contribution in [0.1, 0.15) is 30.6 Å². The van der Waals surface area contributed by atoms with Crippen LogP contribution in [0.2, 0.25) is 0 Å². The quantitative estimate of drug-likeness (QED) is 0.330. The minimum absolute atomic E-state index is 0.0468. The molecule has 0 saturated carbocycles. The number of hydrogen-bond donors (Lipinski definition) is 3. The summed E-state index contributed by atoms with van der Waals surface area (Å²) in [7, 11) is 1.56. The van der Waals surface area contributed by atoms with E-state index in [2.05, 4.69) is 16.0 Å². The van der Waals surface area contributed by atoms with Gasteiger partial charge in [0, 0.05) is 38.0 Å². The Kier molecular flexibility index (Phi) is 10.1. The minimum atomic E-state index is -0.757. The highest BCUT2D eigenvalue weighted by molar-refractivity contribution is 5.96. The maximum Gasteiger partial charge on any atom is 0.307 e. The molecule has 0 radical (unpaired) electrons. The van der Waals surface area contributed by atoms with E-state index in [-0.39, 0.29) is 43.2 Å². The molecule has 176 valence electrons. The van der Waals surface area contributed by atoms with E-state index >= 15 is 0 Å². The van der Waals surface area contributed by atoms with Crippen molar-refractivity contribution in [1.29, 1.82) is 0 Å². The molecule has 1 aliphatic rings. The summed E-state index contributed by atoms with van der Waals surface area (Å²) in [5.74, 6) is -1.12. The van der Waals surface area contributed by atoms with Crippen molar-refractivity contribution in [2.45, 2.75) is 26.3 Å². The molecule has 0 aliphatic carbocycles. The van der Waals surface area contributed by atoms with Gasteiger partial charge >= 0.3 is 5.97 Å². The van der Waals surface area contributed by atoms with Gasteiger partial charge in [0.15, 0.2) is 0 Å². The van der Waals surface area contributed by atoms with Crippen LogP contribution in [-0.4, -0.2) is 81.1 Å². The third-order valence-electron chi connectivity index (χ3n) is 4.75. The lowest BCUT2D eigenvalue weighted by Gasteiger charge is -2.33. The van der Waals surface area contributed by atoms with E-state index in [9.17, 15) is 19.2 Å². The van der Waals surface area contributed by atoms with Crippen molar-refractivity contribution in [2.75, 3.05) is 51.8 Å². The molecule has 1 aromatic rings. The number of rotatable bonds is 11. The largest absolute Gasteiger partial charge is 0.465 e. The molecule has 0 aromatic heterocycles. The second kappa shape index (κ2) is 12.8. The summed E-state index contributed by atoms with van der Waals surface area (Å²) in [6, 6.07) is 5.73. The number of benzene rings is 1. The first kappa shape index (κ1) is 25.3. The van der Waals surface area contributed by atoms with Crippen molar-refractivity contribution < 1.29 is 28.7 Å². The number of nitrogens with one attached hydrogen (secondary N) is 3. The number of hydrogen-bond acceptors (Lipinski definition) is 7. The van der Waals surface area contributed by atoms with E-state index in [1.807, 2.05) is 13.8 Å². The summed E-state index contributed by atoms with van der Waals surface area (Å²) in [4.78, 5) is 50.6. The second-order valence-electron chi connectivity index (χ2n) is 7.93. The molecule has 1 fully saturated rings. The molecule has 2 rings (SSSR count). The molecule has 10 nitrogen and oxygen atoms in total. The fraction of sp³-hybridized carbons (Fsp3) is 0.545. The van der Waals surface area contributed by atoms with E-state index in [1.54, 1.807) is 36.3 Å². The van der Waals surface area contributed by atoms with Crippen molar-refractivity contribution in [1.82, 2.24) is 15.5 Å². The molecule has 0 spiro atoms. The second-order valence-corrected chi connectivity index (χ2v) is 7.93. The van der Waals surface area contributed by atoms with Crippen LogP contribution in [0, 0.1) is 5.92 Å². The van der Waals surface area contributed by atoms with Crippen LogP contribution in [0.25, 0.3) is 0 Å².